The van der Waals surface area contributed by atoms with Gasteiger partial charge < -0.3 is 15.3 Å². The van der Waals surface area contributed by atoms with Crippen LogP contribution in [0.4, 0.5) is 17.8 Å². The first kappa shape index (κ1) is 18.1. The molecule has 0 unspecified atom stereocenters. The van der Waals surface area contributed by atoms with E-state index in [0.717, 1.165) is 5.56 Å². The van der Waals surface area contributed by atoms with Crippen LogP contribution >= 0.6 is 0 Å². The van der Waals surface area contributed by atoms with Crippen LogP contribution < -0.4 is 15.6 Å². The van der Waals surface area contributed by atoms with E-state index in [9.17, 15) is 5.11 Å². The van der Waals surface area contributed by atoms with Gasteiger partial charge in [0.25, 0.3) is 0 Å². The first-order valence-corrected chi connectivity index (χ1v) is 8.40. The maximum Gasteiger partial charge on any atom is 0.250 e. The number of phenolic OH excluding ortho intramolecular Hbond substituents is 1. The zero-order valence-corrected chi connectivity index (χ0v) is 15.2. The molecule has 0 amide bonds. The van der Waals surface area contributed by atoms with Crippen molar-refractivity contribution in [3.8, 4) is 5.75 Å². The number of anilines is 3. The largest absolute Gasteiger partial charge is 0.507 e. The molecule has 0 aliphatic heterocycles. The van der Waals surface area contributed by atoms with E-state index in [1.54, 1.807) is 23.1 Å². The predicted octanol–water partition coefficient (Wildman–Crippen LogP) is 2.70. The van der Waals surface area contributed by atoms with E-state index in [0.29, 0.717) is 30.0 Å². The standard InChI is InChI=1S/C19H21N7O/c1-26(2)19-23-17(20-12-14-8-4-3-5-9-14)22-18(24-19)25-21-13-15-10-6-7-11-16(15)27/h3-11,13,27H,12H2,1-2H3,(H2,20,22,23,24,25)/b21-13-. The number of nitrogens with zero attached hydrogens (tertiary/aromatic N) is 5. The molecule has 2 aromatic carbocycles. The van der Waals surface area contributed by atoms with Crippen molar-refractivity contribution >= 4 is 24.1 Å². The van der Waals surface area contributed by atoms with E-state index >= 15 is 0 Å². The molecule has 1 aromatic heterocycles. The fourth-order valence-electron chi connectivity index (χ4n) is 2.23. The highest BCUT2D eigenvalue weighted by Crippen LogP contribution is 2.14. The lowest BCUT2D eigenvalue weighted by molar-refractivity contribution is 0.474. The molecular weight excluding hydrogens is 342 g/mol. The fourth-order valence-corrected chi connectivity index (χ4v) is 2.23. The Hall–Kier alpha value is -3.68. The topological polar surface area (TPSA) is 98.6 Å². The summed E-state index contributed by atoms with van der Waals surface area (Å²) in [5.74, 6) is 1.40. The molecule has 138 valence electrons. The van der Waals surface area contributed by atoms with Crippen molar-refractivity contribution in [3.05, 3.63) is 65.7 Å². The smallest absolute Gasteiger partial charge is 0.250 e. The summed E-state index contributed by atoms with van der Waals surface area (Å²) in [6.07, 6.45) is 1.51. The summed E-state index contributed by atoms with van der Waals surface area (Å²) in [4.78, 5) is 14.8. The minimum atomic E-state index is 0.151. The van der Waals surface area contributed by atoms with E-state index < -0.39 is 0 Å². The number of aromatic nitrogens is 3. The van der Waals surface area contributed by atoms with Crippen LogP contribution in [0, 0.1) is 0 Å². The lowest BCUT2D eigenvalue weighted by Gasteiger charge is -2.13. The highest BCUT2D eigenvalue weighted by Gasteiger charge is 2.08. The summed E-state index contributed by atoms with van der Waals surface area (Å²) in [5, 5.41) is 17.1. The van der Waals surface area contributed by atoms with Gasteiger partial charge in [-0.25, -0.2) is 5.43 Å². The van der Waals surface area contributed by atoms with Gasteiger partial charge in [0.1, 0.15) is 5.75 Å². The Morgan fingerprint density at radius 1 is 0.963 bits per heavy atom. The van der Waals surface area contributed by atoms with E-state index in [-0.39, 0.29) is 5.75 Å². The van der Waals surface area contributed by atoms with Crippen LogP contribution in [0.5, 0.6) is 5.75 Å². The second-order valence-electron chi connectivity index (χ2n) is 5.95. The maximum atomic E-state index is 9.77. The van der Waals surface area contributed by atoms with Crippen molar-refractivity contribution in [3.63, 3.8) is 0 Å². The summed E-state index contributed by atoms with van der Waals surface area (Å²) >= 11 is 0. The third-order valence-electron chi connectivity index (χ3n) is 3.62. The molecule has 8 heteroatoms. The van der Waals surface area contributed by atoms with Gasteiger partial charge in [0.05, 0.1) is 6.21 Å². The molecule has 3 N–H and O–H groups in total. The first-order valence-electron chi connectivity index (χ1n) is 8.40. The molecule has 0 saturated carbocycles. The molecule has 0 bridgehead atoms. The normalized spacial score (nSPS) is 10.7. The molecule has 0 atom stereocenters. The van der Waals surface area contributed by atoms with Gasteiger partial charge in [-0.1, -0.05) is 42.5 Å². The Morgan fingerprint density at radius 2 is 1.67 bits per heavy atom. The van der Waals surface area contributed by atoms with Gasteiger partial charge in [0.2, 0.25) is 17.8 Å². The molecule has 0 fully saturated rings. The molecule has 8 nitrogen and oxygen atoms in total. The van der Waals surface area contributed by atoms with Gasteiger partial charge in [0, 0.05) is 26.2 Å². The second kappa shape index (κ2) is 8.61. The minimum absolute atomic E-state index is 0.151. The van der Waals surface area contributed by atoms with Crippen molar-refractivity contribution < 1.29 is 5.11 Å². The summed E-state index contributed by atoms with van der Waals surface area (Å²) < 4.78 is 0. The monoisotopic (exact) mass is 363 g/mol. The predicted molar refractivity (Wildman–Crippen MR) is 107 cm³/mol. The van der Waals surface area contributed by atoms with Crippen LogP contribution in [-0.2, 0) is 6.54 Å². The molecular formula is C19H21N7O. The van der Waals surface area contributed by atoms with Crippen LogP contribution in [0.3, 0.4) is 0 Å². The fraction of sp³-hybridized carbons (Fsp3) is 0.158. The van der Waals surface area contributed by atoms with Crippen LogP contribution in [0.1, 0.15) is 11.1 Å². The lowest BCUT2D eigenvalue weighted by Crippen LogP contribution is -2.16. The Balaban J connectivity index is 1.74. The van der Waals surface area contributed by atoms with Crippen molar-refractivity contribution in [1.82, 2.24) is 15.0 Å². The van der Waals surface area contributed by atoms with Crippen molar-refractivity contribution in [1.29, 1.82) is 0 Å². The zero-order chi connectivity index (χ0) is 19.1. The summed E-state index contributed by atoms with van der Waals surface area (Å²) in [7, 11) is 3.71. The number of aromatic hydroxyl groups is 1. The molecule has 27 heavy (non-hydrogen) atoms. The highest BCUT2D eigenvalue weighted by molar-refractivity contribution is 5.83. The molecule has 0 saturated heterocycles. The highest BCUT2D eigenvalue weighted by atomic mass is 16.3. The van der Waals surface area contributed by atoms with E-state index in [1.165, 1.54) is 6.21 Å². The lowest BCUT2D eigenvalue weighted by atomic mass is 10.2. The third-order valence-corrected chi connectivity index (χ3v) is 3.62. The Kier molecular flexibility index (Phi) is 5.78. The van der Waals surface area contributed by atoms with Crippen molar-refractivity contribution in [2.45, 2.75) is 6.54 Å². The number of hydrazone groups is 1. The molecule has 0 spiro atoms. The van der Waals surface area contributed by atoms with Crippen LogP contribution in [-0.4, -0.2) is 40.4 Å². The summed E-state index contributed by atoms with van der Waals surface area (Å²) in [5.41, 5.74) is 4.50. The molecule has 0 radical (unpaired) electrons. The Bertz CT molecular complexity index is 913. The maximum absolute atomic E-state index is 9.77. The van der Waals surface area contributed by atoms with E-state index in [4.69, 9.17) is 0 Å². The number of benzene rings is 2. The summed E-state index contributed by atoms with van der Waals surface area (Å²) in [6.45, 7) is 0.596. The molecule has 3 rings (SSSR count). The third kappa shape index (κ3) is 5.15. The average Bonchev–Trinajstić information content (AvgIpc) is 2.68. The SMILES string of the molecule is CN(C)c1nc(NCc2ccccc2)nc(N/N=C\c2ccccc2O)n1. The number of phenols is 1. The molecule has 0 aliphatic rings. The quantitative estimate of drug-likeness (QED) is 0.438. The first-order chi connectivity index (χ1) is 13.1. The van der Waals surface area contributed by atoms with Gasteiger partial charge >= 0.3 is 0 Å². The zero-order valence-electron chi connectivity index (χ0n) is 15.2. The van der Waals surface area contributed by atoms with Gasteiger partial charge in [-0.15, -0.1) is 0 Å². The van der Waals surface area contributed by atoms with Crippen LogP contribution in [0.2, 0.25) is 0 Å². The second-order valence-corrected chi connectivity index (χ2v) is 5.95. The average molecular weight is 363 g/mol. The van der Waals surface area contributed by atoms with Gasteiger partial charge in [-0.3, -0.25) is 0 Å². The van der Waals surface area contributed by atoms with E-state index in [1.807, 2.05) is 50.5 Å². The Morgan fingerprint density at radius 3 is 2.41 bits per heavy atom. The van der Waals surface area contributed by atoms with Crippen molar-refractivity contribution in [2.75, 3.05) is 29.7 Å². The van der Waals surface area contributed by atoms with Crippen LogP contribution in [0.25, 0.3) is 0 Å². The molecule has 0 aliphatic carbocycles. The van der Waals surface area contributed by atoms with Gasteiger partial charge in [-0.05, 0) is 17.7 Å². The van der Waals surface area contributed by atoms with E-state index in [2.05, 4.69) is 30.8 Å². The Labute approximate surface area is 157 Å². The number of rotatable bonds is 7. The van der Waals surface area contributed by atoms with Crippen molar-refractivity contribution in [2.24, 2.45) is 5.10 Å². The molecule has 1 heterocycles. The number of para-hydroxylation sites is 1. The summed E-state index contributed by atoms with van der Waals surface area (Å²) in [6, 6.07) is 16.9. The van der Waals surface area contributed by atoms with Gasteiger partial charge in [-0.2, -0.15) is 20.1 Å². The van der Waals surface area contributed by atoms with Crippen LogP contribution in [0.15, 0.2) is 59.7 Å². The van der Waals surface area contributed by atoms with Gasteiger partial charge in [0.15, 0.2) is 0 Å². The molecule has 3 aromatic rings. The minimum Gasteiger partial charge on any atom is -0.507 e. The number of nitrogens with one attached hydrogen (secondary N) is 2. The number of hydrogen-bond donors (Lipinski definition) is 3. The number of hydrogen-bond acceptors (Lipinski definition) is 8.